The lowest BCUT2D eigenvalue weighted by Crippen LogP contribution is -2.00. The molecule has 5 heteroatoms. The van der Waals surface area contributed by atoms with Crippen LogP contribution in [0.15, 0.2) is 41.8 Å². The normalized spacial score (nSPS) is 14.6. The molecule has 19 heavy (non-hydrogen) atoms. The van der Waals surface area contributed by atoms with Gasteiger partial charge in [-0.2, -0.15) is 0 Å². The van der Waals surface area contributed by atoms with E-state index in [1.807, 2.05) is 25.3 Å². The first-order valence-electron chi connectivity index (χ1n) is 6.38. The van der Waals surface area contributed by atoms with Gasteiger partial charge in [0, 0.05) is 29.8 Å². The average molecular weight is 272 g/mol. The van der Waals surface area contributed by atoms with Crippen molar-refractivity contribution in [1.82, 2.24) is 19.7 Å². The monoisotopic (exact) mass is 272 g/mol. The molecule has 1 fully saturated rings. The smallest absolute Gasteiger partial charge is 0.192 e. The second-order valence-electron chi connectivity index (χ2n) is 4.89. The van der Waals surface area contributed by atoms with Crippen LogP contribution in [-0.2, 0) is 0 Å². The van der Waals surface area contributed by atoms with E-state index in [0.717, 1.165) is 27.9 Å². The fraction of sp³-hybridized carbons (Fsp3) is 0.357. The summed E-state index contributed by atoms with van der Waals surface area (Å²) in [5.74, 6) is 1.82. The lowest BCUT2D eigenvalue weighted by atomic mass is 10.3. The number of thioether (sulfide) groups is 1. The third-order valence-electron chi connectivity index (χ3n) is 2.94. The fourth-order valence-corrected chi connectivity index (χ4v) is 2.77. The van der Waals surface area contributed by atoms with Crippen LogP contribution in [0.5, 0.6) is 0 Å². The highest BCUT2D eigenvalue weighted by molar-refractivity contribution is 7.99. The summed E-state index contributed by atoms with van der Waals surface area (Å²) in [6.45, 7) is 5.97. The Kier molecular flexibility index (Phi) is 3.38. The Balaban J connectivity index is 1.94. The molecule has 0 aromatic carbocycles. The van der Waals surface area contributed by atoms with Crippen LogP contribution in [0.3, 0.4) is 0 Å². The van der Waals surface area contributed by atoms with Crippen molar-refractivity contribution in [3.63, 3.8) is 0 Å². The van der Waals surface area contributed by atoms with Crippen molar-refractivity contribution in [1.29, 1.82) is 0 Å². The van der Waals surface area contributed by atoms with Gasteiger partial charge in [-0.3, -0.25) is 9.55 Å². The molecule has 1 aliphatic rings. The highest BCUT2D eigenvalue weighted by Gasteiger charge is 2.30. The maximum absolute atomic E-state index is 4.35. The van der Waals surface area contributed by atoms with Crippen molar-refractivity contribution < 1.29 is 0 Å². The van der Waals surface area contributed by atoms with Gasteiger partial charge >= 0.3 is 0 Å². The van der Waals surface area contributed by atoms with Gasteiger partial charge in [0.2, 0.25) is 0 Å². The topological polar surface area (TPSA) is 43.6 Å². The summed E-state index contributed by atoms with van der Waals surface area (Å²) in [7, 11) is 0. The van der Waals surface area contributed by atoms with Gasteiger partial charge in [0.1, 0.15) is 0 Å². The minimum Gasteiger partial charge on any atom is -0.299 e. The molecule has 4 nitrogen and oxygen atoms in total. The van der Waals surface area contributed by atoms with Crippen LogP contribution in [-0.4, -0.2) is 25.5 Å². The predicted octanol–water partition coefficient (Wildman–Crippen LogP) is 3.34. The molecule has 0 bridgehead atoms. The van der Waals surface area contributed by atoms with Crippen molar-refractivity contribution in [3.05, 3.63) is 36.7 Å². The largest absolute Gasteiger partial charge is 0.299 e. The average Bonchev–Trinajstić information content (AvgIpc) is 3.17. The Morgan fingerprint density at radius 3 is 2.95 bits per heavy atom. The van der Waals surface area contributed by atoms with Crippen LogP contribution in [0.1, 0.15) is 25.8 Å². The summed E-state index contributed by atoms with van der Waals surface area (Å²) >= 11 is 1.71. The molecule has 0 N–H and O–H groups in total. The van der Waals surface area contributed by atoms with Gasteiger partial charge in [-0.15, -0.1) is 10.2 Å². The van der Waals surface area contributed by atoms with Gasteiger partial charge in [0.15, 0.2) is 11.0 Å². The minimum atomic E-state index is 0.554. The lowest BCUT2D eigenvalue weighted by molar-refractivity contribution is 0.669. The van der Waals surface area contributed by atoms with Gasteiger partial charge in [0.25, 0.3) is 0 Å². The molecule has 0 amide bonds. The number of hydrogen-bond acceptors (Lipinski definition) is 4. The van der Waals surface area contributed by atoms with Crippen LogP contribution in [0.2, 0.25) is 0 Å². The summed E-state index contributed by atoms with van der Waals surface area (Å²) in [6, 6.07) is 4.52. The highest BCUT2D eigenvalue weighted by Crippen LogP contribution is 2.41. The van der Waals surface area contributed by atoms with Gasteiger partial charge in [-0.05, 0) is 31.9 Å². The van der Waals surface area contributed by atoms with E-state index in [2.05, 4.69) is 26.3 Å². The quantitative estimate of drug-likeness (QED) is 0.618. The summed E-state index contributed by atoms with van der Waals surface area (Å²) < 4.78 is 2.25. The minimum absolute atomic E-state index is 0.554. The molecule has 0 aliphatic heterocycles. The third kappa shape index (κ3) is 2.71. The summed E-state index contributed by atoms with van der Waals surface area (Å²) in [5.41, 5.74) is 2.18. The number of aromatic nitrogens is 4. The zero-order chi connectivity index (χ0) is 13.2. The second kappa shape index (κ2) is 5.17. The summed E-state index contributed by atoms with van der Waals surface area (Å²) in [6.07, 6.45) is 6.05. The molecule has 1 aliphatic carbocycles. The molecule has 2 heterocycles. The van der Waals surface area contributed by atoms with E-state index in [1.165, 1.54) is 12.8 Å². The van der Waals surface area contributed by atoms with Crippen molar-refractivity contribution in [2.75, 3.05) is 5.75 Å². The highest BCUT2D eigenvalue weighted by atomic mass is 32.2. The van der Waals surface area contributed by atoms with E-state index in [1.54, 1.807) is 18.0 Å². The molecule has 98 valence electrons. The van der Waals surface area contributed by atoms with E-state index in [9.17, 15) is 0 Å². The van der Waals surface area contributed by atoms with Crippen LogP contribution in [0, 0.1) is 0 Å². The van der Waals surface area contributed by atoms with Crippen molar-refractivity contribution >= 4 is 11.8 Å². The standard InChI is InChI=1S/C14H16N4S/c1-10(2)9-19-14-17-16-13(18(14)12-5-6-12)11-4-3-7-15-8-11/h3-4,7-8,12H,1,5-6,9H2,2H3. The first-order chi connectivity index (χ1) is 9.25. The molecule has 0 spiro atoms. The van der Waals surface area contributed by atoms with E-state index in [4.69, 9.17) is 0 Å². The Morgan fingerprint density at radius 2 is 2.32 bits per heavy atom. The van der Waals surface area contributed by atoms with Crippen LogP contribution in [0.4, 0.5) is 0 Å². The molecular weight excluding hydrogens is 256 g/mol. The van der Waals surface area contributed by atoms with Gasteiger partial charge in [0.05, 0.1) is 0 Å². The van der Waals surface area contributed by atoms with Crippen LogP contribution in [0.25, 0.3) is 11.4 Å². The van der Waals surface area contributed by atoms with Crippen molar-refractivity contribution in [3.8, 4) is 11.4 Å². The van der Waals surface area contributed by atoms with Gasteiger partial charge in [-0.25, -0.2) is 0 Å². The van der Waals surface area contributed by atoms with E-state index in [-0.39, 0.29) is 0 Å². The van der Waals surface area contributed by atoms with E-state index < -0.39 is 0 Å². The number of nitrogens with zero attached hydrogens (tertiary/aromatic N) is 4. The predicted molar refractivity (Wildman–Crippen MR) is 77.1 cm³/mol. The zero-order valence-electron chi connectivity index (χ0n) is 10.9. The molecular formula is C14H16N4S. The number of hydrogen-bond donors (Lipinski definition) is 0. The zero-order valence-corrected chi connectivity index (χ0v) is 11.7. The Bertz CT molecular complexity index is 587. The SMILES string of the molecule is C=C(C)CSc1nnc(-c2cccnc2)n1C1CC1. The second-order valence-corrected chi connectivity index (χ2v) is 5.84. The Labute approximate surface area is 117 Å². The third-order valence-corrected chi connectivity index (χ3v) is 4.12. The first kappa shape index (κ1) is 12.4. The molecule has 2 aromatic rings. The van der Waals surface area contributed by atoms with Gasteiger partial charge in [-0.1, -0.05) is 23.9 Å². The van der Waals surface area contributed by atoms with Crippen LogP contribution >= 0.6 is 11.8 Å². The fourth-order valence-electron chi connectivity index (χ4n) is 1.92. The number of rotatable bonds is 5. The molecule has 0 atom stereocenters. The Hall–Kier alpha value is -1.62. The molecule has 0 saturated heterocycles. The summed E-state index contributed by atoms with van der Waals surface area (Å²) in [5, 5.41) is 9.67. The number of pyridine rings is 1. The maximum atomic E-state index is 4.35. The van der Waals surface area contributed by atoms with Crippen molar-refractivity contribution in [2.24, 2.45) is 0 Å². The Morgan fingerprint density at radius 1 is 1.47 bits per heavy atom. The molecule has 0 radical (unpaired) electrons. The molecule has 1 saturated carbocycles. The molecule has 0 unspecified atom stereocenters. The molecule has 2 aromatic heterocycles. The first-order valence-corrected chi connectivity index (χ1v) is 7.37. The lowest BCUT2D eigenvalue weighted by Gasteiger charge is -2.08. The van der Waals surface area contributed by atoms with Crippen LogP contribution < -0.4 is 0 Å². The summed E-state index contributed by atoms with van der Waals surface area (Å²) in [4.78, 5) is 4.16. The molecule has 3 rings (SSSR count). The van der Waals surface area contributed by atoms with Gasteiger partial charge < -0.3 is 0 Å². The van der Waals surface area contributed by atoms with E-state index in [0.29, 0.717) is 6.04 Å². The van der Waals surface area contributed by atoms with Crippen molar-refractivity contribution in [2.45, 2.75) is 31.0 Å². The maximum Gasteiger partial charge on any atom is 0.192 e. The van der Waals surface area contributed by atoms with E-state index >= 15 is 0 Å².